The van der Waals surface area contributed by atoms with Crippen molar-refractivity contribution in [3.8, 4) is 5.88 Å². The molecule has 0 amide bonds. The first-order chi connectivity index (χ1) is 8.93. The molecule has 1 aromatic rings. The number of aromatic nitrogens is 2. The molecule has 5 nitrogen and oxygen atoms in total. The van der Waals surface area contributed by atoms with Gasteiger partial charge in [-0.15, -0.1) is 12.4 Å². The van der Waals surface area contributed by atoms with Crippen LogP contribution < -0.4 is 10.1 Å². The van der Waals surface area contributed by atoms with Crippen molar-refractivity contribution in [2.24, 2.45) is 0 Å². The average molecular weight is 286 g/mol. The van der Waals surface area contributed by atoms with Gasteiger partial charge in [-0.05, 0) is 25.8 Å². The van der Waals surface area contributed by atoms with E-state index < -0.39 is 0 Å². The molecule has 19 heavy (non-hydrogen) atoms. The molecular weight excluding hydrogens is 266 g/mol. The first-order valence-corrected chi connectivity index (χ1v) is 6.69. The lowest BCUT2D eigenvalue weighted by Gasteiger charge is -2.23. The van der Waals surface area contributed by atoms with Gasteiger partial charge in [0.2, 0.25) is 5.88 Å². The molecular formula is C13H20ClN3O2. The molecule has 2 aliphatic heterocycles. The number of hydrogen-bond donors (Lipinski definition) is 1. The van der Waals surface area contributed by atoms with E-state index in [2.05, 4.69) is 15.3 Å². The minimum Gasteiger partial charge on any atom is -0.472 e. The largest absolute Gasteiger partial charge is 0.472 e. The van der Waals surface area contributed by atoms with E-state index in [0.717, 1.165) is 57.1 Å². The molecule has 0 radical (unpaired) electrons. The fraction of sp³-hybridized carbons (Fsp3) is 0.692. The fourth-order valence-corrected chi connectivity index (χ4v) is 2.56. The number of nitrogens with one attached hydrogen (secondary N) is 1. The van der Waals surface area contributed by atoms with Crippen LogP contribution in [0.1, 0.15) is 30.9 Å². The van der Waals surface area contributed by atoms with Crippen LogP contribution in [0.4, 0.5) is 0 Å². The van der Waals surface area contributed by atoms with Gasteiger partial charge in [0.05, 0.1) is 0 Å². The molecule has 3 rings (SSSR count). The van der Waals surface area contributed by atoms with E-state index in [-0.39, 0.29) is 18.5 Å². The maximum atomic E-state index is 5.98. The highest BCUT2D eigenvalue weighted by molar-refractivity contribution is 5.85. The predicted molar refractivity (Wildman–Crippen MR) is 74.0 cm³/mol. The van der Waals surface area contributed by atoms with Gasteiger partial charge < -0.3 is 14.8 Å². The molecule has 106 valence electrons. The van der Waals surface area contributed by atoms with Gasteiger partial charge in [-0.2, -0.15) is 0 Å². The van der Waals surface area contributed by atoms with Crippen LogP contribution in [0.15, 0.2) is 12.4 Å². The lowest BCUT2D eigenvalue weighted by atomic mass is 9.96. The Kier molecular flexibility index (Phi) is 5.36. The second kappa shape index (κ2) is 7.03. The zero-order valence-corrected chi connectivity index (χ0v) is 11.7. The molecule has 0 bridgehead atoms. The van der Waals surface area contributed by atoms with E-state index in [1.54, 1.807) is 12.4 Å². The Bertz CT molecular complexity index is 393. The van der Waals surface area contributed by atoms with Crippen LogP contribution in [-0.2, 0) is 4.74 Å². The van der Waals surface area contributed by atoms with Crippen molar-refractivity contribution in [2.45, 2.75) is 31.3 Å². The van der Waals surface area contributed by atoms with E-state index in [9.17, 15) is 0 Å². The van der Waals surface area contributed by atoms with Gasteiger partial charge in [0.25, 0.3) is 0 Å². The van der Waals surface area contributed by atoms with Crippen LogP contribution in [-0.4, -0.2) is 42.4 Å². The number of hydrogen-bond acceptors (Lipinski definition) is 5. The van der Waals surface area contributed by atoms with Crippen LogP contribution >= 0.6 is 12.4 Å². The molecule has 0 aromatic carbocycles. The van der Waals surface area contributed by atoms with E-state index >= 15 is 0 Å². The number of halogens is 1. The van der Waals surface area contributed by atoms with Crippen LogP contribution in [0.25, 0.3) is 0 Å². The lowest BCUT2D eigenvalue weighted by Crippen LogP contribution is -2.22. The highest BCUT2D eigenvalue weighted by Gasteiger charge is 2.24. The van der Waals surface area contributed by atoms with Crippen molar-refractivity contribution in [1.29, 1.82) is 0 Å². The Hall–Kier alpha value is -0.910. The molecule has 0 unspecified atom stereocenters. The number of ether oxygens (including phenoxy) is 2. The zero-order chi connectivity index (χ0) is 12.2. The quantitative estimate of drug-likeness (QED) is 0.913. The third-order valence-corrected chi connectivity index (χ3v) is 3.59. The third-order valence-electron chi connectivity index (χ3n) is 3.59. The van der Waals surface area contributed by atoms with E-state index in [4.69, 9.17) is 9.47 Å². The van der Waals surface area contributed by atoms with E-state index in [1.807, 2.05) is 0 Å². The molecule has 2 aliphatic rings. The SMILES string of the molecule is Cl.c1cnc(C2CCOCC2)c(O[C@@H]2CCNC2)n1. The molecule has 0 saturated carbocycles. The Morgan fingerprint density at radius 1 is 1.16 bits per heavy atom. The second-order valence-electron chi connectivity index (χ2n) is 4.87. The Labute approximate surface area is 119 Å². The first kappa shape index (κ1) is 14.5. The Balaban J connectivity index is 0.00000133. The standard InChI is InChI=1S/C13H19N3O2.ClH/c1-4-14-9-11(1)18-13-12(15-5-6-16-13)10-2-7-17-8-3-10;/h5-6,10-11,14H,1-4,7-9H2;1H/t11-;/m1./s1. The van der Waals surface area contributed by atoms with Crippen molar-refractivity contribution in [1.82, 2.24) is 15.3 Å². The van der Waals surface area contributed by atoms with Crippen molar-refractivity contribution >= 4 is 12.4 Å². The molecule has 0 aliphatic carbocycles. The van der Waals surface area contributed by atoms with Gasteiger partial charge in [-0.1, -0.05) is 0 Å². The van der Waals surface area contributed by atoms with Crippen molar-refractivity contribution < 1.29 is 9.47 Å². The smallest absolute Gasteiger partial charge is 0.236 e. The molecule has 2 fully saturated rings. The minimum absolute atomic E-state index is 0. The van der Waals surface area contributed by atoms with Crippen LogP contribution in [0.5, 0.6) is 5.88 Å². The van der Waals surface area contributed by atoms with E-state index in [0.29, 0.717) is 5.92 Å². The zero-order valence-electron chi connectivity index (χ0n) is 10.9. The fourth-order valence-electron chi connectivity index (χ4n) is 2.56. The van der Waals surface area contributed by atoms with Crippen LogP contribution in [0.2, 0.25) is 0 Å². The molecule has 3 heterocycles. The minimum atomic E-state index is 0. The molecule has 1 atom stereocenters. The van der Waals surface area contributed by atoms with Crippen molar-refractivity contribution in [2.75, 3.05) is 26.3 Å². The number of rotatable bonds is 3. The highest BCUT2D eigenvalue weighted by Crippen LogP contribution is 2.31. The predicted octanol–water partition coefficient (Wildman–Crippen LogP) is 1.53. The molecule has 2 saturated heterocycles. The first-order valence-electron chi connectivity index (χ1n) is 6.69. The maximum absolute atomic E-state index is 5.98. The van der Waals surface area contributed by atoms with Gasteiger partial charge in [-0.3, -0.25) is 4.98 Å². The van der Waals surface area contributed by atoms with Gasteiger partial charge in [0, 0.05) is 38.1 Å². The third kappa shape index (κ3) is 3.55. The topological polar surface area (TPSA) is 56.3 Å². The molecule has 1 aromatic heterocycles. The molecule has 0 spiro atoms. The van der Waals surface area contributed by atoms with Gasteiger partial charge in [0.15, 0.2) is 0 Å². The summed E-state index contributed by atoms with van der Waals surface area (Å²) in [5.74, 6) is 1.15. The Morgan fingerprint density at radius 2 is 1.95 bits per heavy atom. The average Bonchev–Trinajstić information content (AvgIpc) is 2.93. The van der Waals surface area contributed by atoms with Crippen molar-refractivity contribution in [3.05, 3.63) is 18.1 Å². The molecule has 1 N–H and O–H groups in total. The molecule has 6 heteroatoms. The second-order valence-corrected chi connectivity index (χ2v) is 4.87. The van der Waals surface area contributed by atoms with Gasteiger partial charge >= 0.3 is 0 Å². The van der Waals surface area contributed by atoms with Crippen LogP contribution in [0.3, 0.4) is 0 Å². The Morgan fingerprint density at radius 3 is 2.68 bits per heavy atom. The highest BCUT2D eigenvalue weighted by atomic mass is 35.5. The van der Waals surface area contributed by atoms with E-state index in [1.165, 1.54) is 0 Å². The summed E-state index contributed by atoms with van der Waals surface area (Å²) in [6.07, 6.45) is 6.77. The summed E-state index contributed by atoms with van der Waals surface area (Å²) in [6, 6.07) is 0. The lowest BCUT2D eigenvalue weighted by molar-refractivity contribution is 0.0829. The normalized spacial score (nSPS) is 23.9. The van der Waals surface area contributed by atoms with Crippen molar-refractivity contribution in [3.63, 3.8) is 0 Å². The van der Waals surface area contributed by atoms with Gasteiger partial charge in [0.1, 0.15) is 11.8 Å². The van der Waals surface area contributed by atoms with Gasteiger partial charge in [-0.25, -0.2) is 4.98 Å². The summed E-state index contributed by atoms with van der Waals surface area (Å²) < 4.78 is 11.4. The summed E-state index contributed by atoms with van der Waals surface area (Å²) >= 11 is 0. The summed E-state index contributed by atoms with van der Waals surface area (Å²) in [5, 5.41) is 3.30. The number of nitrogens with zero attached hydrogens (tertiary/aromatic N) is 2. The summed E-state index contributed by atoms with van der Waals surface area (Å²) in [7, 11) is 0. The van der Waals surface area contributed by atoms with Crippen LogP contribution in [0, 0.1) is 0 Å². The summed E-state index contributed by atoms with van der Waals surface area (Å²) in [5.41, 5.74) is 1.01. The summed E-state index contributed by atoms with van der Waals surface area (Å²) in [4.78, 5) is 8.85. The monoisotopic (exact) mass is 285 g/mol. The summed E-state index contributed by atoms with van der Waals surface area (Å²) in [6.45, 7) is 3.55. The maximum Gasteiger partial charge on any atom is 0.236 e.